The number of para-hydroxylation sites is 1. The van der Waals surface area contributed by atoms with Crippen molar-refractivity contribution >= 4 is 33.0 Å². The Morgan fingerprint density at radius 1 is 1.25 bits per heavy atom. The molecule has 2 aromatic rings. The Bertz CT molecular complexity index is 637. The molecule has 1 aliphatic heterocycles. The Hall–Kier alpha value is -1.48. The van der Waals surface area contributed by atoms with Crippen molar-refractivity contribution in [2.24, 2.45) is 0 Å². The van der Waals surface area contributed by atoms with Crippen molar-refractivity contribution in [3.63, 3.8) is 0 Å². The molecule has 0 bridgehead atoms. The van der Waals surface area contributed by atoms with Crippen molar-refractivity contribution < 1.29 is 0 Å². The smallest absolute Gasteiger partial charge is 0.0658 e. The summed E-state index contributed by atoms with van der Waals surface area (Å²) in [4.78, 5) is 2.45. The second kappa shape index (κ2) is 5.49. The fraction of sp³-hybridized carbons (Fsp3) is 0.294. The molecule has 0 fully saturated rings. The average Bonchev–Trinajstić information content (AvgIpc) is 2.46. The standard InChI is InChI=1S/C17H19BrN2/c1-3-13-6-4-5-12(2)17(13)20-10-9-19-15-8-7-14(18)11-16(15)20/h4-8,11,19H,3,9-10H2,1-2H3. The summed E-state index contributed by atoms with van der Waals surface area (Å²) in [6, 6.07) is 13.0. The molecular formula is C17H19BrN2. The molecule has 0 amide bonds. The molecule has 2 aromatic carbocycles. The van der Waals surface area contributed by atoms with Gasteiger partial charge in [0.1, 0.15) is 0 Å². The zero-order valence-corrected chi connectivity index (χ0v) is 13.5. The van der Waals surface area contributed by atoms with Gasteiger partial charge in [0.2, 0.25) is 0 Å². The van der Waals surface area contributed by atoms with Crippen molar-refractivity contribution in [2.45, 2.75) is 20.3 Å². The van der Waals surface area contributed by atoms with E-state index in [4.69, 9.17) is 0 Å². The summed E-state index contributed by atoms with van der Waals surface area (Å²) >= 11 is 3.59. The molecule has 0 aliphatic carbocycles. The van der Waals surface area contributed by atoms with Crippen LogP contribution in [0.5, 0.6) is 0 Å². The fourth-order valence-corrected chi connectivity index (χ4v) is 3.27. The number of hydrogen-bond acceptors (Lipinski definition) is 2. The Morgan fingerprint density at radius 2 is 2.10 bits per heavy atom. The van der Waals surface area contributed by atoms with Gasteiger partial charge in [0.15, 0.2) is 0 Å². The van der Waals surface area contributed by atoms with Gasteiger partial charge in [-0.15, -0.1) is 0 Å². The zero-order chi connectivity index (χ0) is 14.1. The van der Waals surface area contributed by atoms with E-state index in [9.17, 15) is 0 Å². The molecule has 1 heterocycles. The van der Waals surface area contributed by atoms with Gasteiger partial charge >= 0.3 is 0 Å². The van der Waals surface area contributed by atoms with Gasteiger partial charge in [-0.2, -0.15) is 0 Å². The predicted molar refractivity (Wildman–Crippen MR) is 90.2 cm³/mol. The third kappa shape index (κ3) is 2.31. The quantitative estimate of drug-likeness (QED) is 0.843. The number of benzene rings is 2. The molecule has 0 saturated heterocycles. The summed E-state index contributed by atoms with van der Waals surface area (Å²) in [6.07, 6.45) is 1.06. The maximum Gasteiger partial charge on any atom is 0.0658 e. The van der Waals surface area contributed by atoms with Crippen molar-refractivity contribution in [2.75, 3.05) is 23.3 Å². The highest BCUT2D eigenvalue weighted by Gasteiger charge is 2.21. The number of aryl methyl sites for hydroxylation is 2. The van der Waals surface area contributed by atoms with Crippen LogP contribution in [0.15, 0.2) is 40.9 Å². The Morgan fingerprint density at radius 3 is 2.90 bits per heavy atom. The third-order valence-corrected chi connectivity index (χ3v) is 4.37. The molecule has 20 heavy (non-hydrogen) atoms. The van der Waals surface area contributed by atoms with Gasteiger partial charge < -0.3 is 10.2 Å². The maximum atomic E-state index is 3.59. The lowest BCUT2D eigenvalue weighted by Crippen LogP contribution is -2.31. The molecule has 2 nitrogen and oxygen atoms in total. The van der Waals surface area contributed by atoms with Crippen LogP contribution in [0.2, 0.25) is 0 Å². The number of nitrogens with one attached hydrogen (secondary N) is 1. The lowest BCUT2D eigenvalue weighted by Gasteiger charge is -2.34. The number of hydrogen-bond donors (Lipinski definition) is 1. The van der Waals surface area contributed by atoms with E-state index >= 15 is 0 Å². The van der Waals surface area contributed by atoms with Crippen molar-refractivity contribution in [3.05, 3.63) is 52.0 Å². The molecule has 0 atom stereocenters. The van der Waals surface area contributed by atoms with Crippen LogP contribution in [0.25, 0.3) is 0 Å². The minimum atomic E-state index is 0.978. The number of rotatable bonds is 2. The van der Waals surface area contributed by atoms with Crippen LogP contribution in [0.4, 0.5) is 17.1 Å². The highest BCUT2D eigenvalue weighted by molar-refractivity contribution is 9.10. The van der Waals surface area contributed by atoms with E-state index < -0.39 is 0 Å². The van der Waals surface area contributed by atoms with Gasteiger partial charge in [0, 0.05) is 23.2 Å². The number of anilines is 3. The van der Waals surface area contributed by atoms with Gasteiger partial charge in [-0.1, -0.05) is 41.1 Å². The molecule has 0 radical (unpaired) electrons. The summed E-state index contributed by atoms with van der Waals surface area (Å²) in [5.41, 5.74) is 6.60. The van der Waals surface area contributed by atoms with Crippen LogP contribution in [0, 0.1) is 6.92 Å². The maximum absolute atomic E-state index is 3.59. The third-order valence-electron chi connectivity index (χ3n) is 3.87. The van der Waals surface area contributed by atoms with E-state index in [2.05, 4.69) is 76.4 Å². The predicted octanol–water partition coefficient (Wildman–Crippen LogP) is 4.88. The zero-order valence-electron chi connectivity index (χ0n) is 11.9. The van der Waals surface area contributed by atoms with Crippen LogP contribution in [-0.2, 0) is 6.42 Å². The van der Waals surface area contributed by atoms with E-state index in [1.807, 2.05) is 0 Å². The Balaban J connectivity index is 2.16. The second-order valence-corrected chi connectivity index (χ2v) is 6.09. The lowest BCUT2D eigenvalue weighted by atomic mass is 10.0. The highest BCUT2D eigenvalue weighted by atomic mass is 79.9. The minimum absolute atomic E-state index is 0.978. The first kappa shape index (κ1) is 13.5. The van der Waals surface area contributed by atoms with Crippen molar-refractivity contribution in [1.82, 2.24) is 0 Å². The molecule has 104 valence electrons. The molecule has 3 rings (SSSR count). The van der Waals surface area contributed by atoms with Crippen LogP contribution in [0.1, 0.15) is 18.1 Å². The first-order chi connectivity index (χ1) is 9.70. The van der Waals surface area contributed by atoms with E-state index in [-0.39, 0.29) is 0 Å². The van der Waals surface area contributed by atoms with Crippen LogP contribution in [0.3, 0.4) is 0 Å². The molecule has 0 aromatic heterocycles. The molecule has 0 saturated carbocycles. The van der Waals surface area contributed by atoms with Gasteiger partial charge in [-0.3, -0.25) is 0 Å². The van der Waals surface area contributed by atoms with Gasteiger partial charge in [-0.25, -0.2) is 0 Å². The first-order valence-electron chi connectivity index (χ1n) is 7.10. The van der Waals surface area contributed by atoms with Crippen molar-refractivity contribution in [1.29, 1.82) is 0 Å². The van der Waals surface area contributed by atoms with Gasteiger partial charge in [0.25, 0.3) is 0 Å². The van der Waals surface area contributed by atoms with E-state index in [0.29, 0.717) is 0 Å². The number of fused-ring (bicyclic) bond motifs is 1. The van der Waals surface area contributed by atoms with Crippen LogP contribution < -0.4 is 10.2 Å². The SMILES string of the molecule is CCc1cccc(C)c1N1CCNc2ccc(Br)cc21. The average molecular weight is 331 g/mol. The molecular weight excluding hydrogens is 312 g/mol. The highest BCUT2D eigenvalue weighted by Crippen LogP contribution is 2.39. The molecule has 3 heteroatoms. The summed E-state index contributed by atoms with van der Waals surface area (Å²) in [5.74, 6) is 0. The topological polar surface area (TPSA) is 15.3 Å². The first-order valence-corrected chi connectivity index (χ1v) is 7.89. The normalized spacial score (nSPS) is 13.8. The van der Waals surface area contributed by atoms with E-state index in [1.54, 1.807) is 0 Å². The van der Waals surface area contributed by atoms with Crippen molar-refractivity contribution in [3.8, 4) is 0 Å². The monoisotopic (exact) mass is 330 g/mol. The molecule has 1 N–H and O–H groups in total. The molecule has 1 aliphatic rings. The Kier molecular flexibility index (Phi) is 3.70. The molecule has 0 spiro atoms. The summed E-state index contributed by atoms with van der Waals surface area (Å²) in [6.45, 7) is 6.41. The number of nitrogens with zero attached hydrogens (tertiary/aromatic N) is 1. The second-order valence-electron chi connectivity index (χ2n) is 5.18. The van der Waals surface area contributed by atoms with E-state index in [0.717, 1.165) is 24.0 Å². The van der Waals surface area contributed by atoms with Crippen LogP contribution in [-0.4, -0.2) is 13.1 Å². The molecule has 0 unspecified atom stereocenters. The Labute approximate surface area is 128 Å². The van der Waals surface area contributed by atoms with Crippen LogP contribution >= 0.6 is 15.9 Å². The van der Waals surface area contributed by atoms with E-state index in [1.165, 1.54) is 28.2 Å². The largest absolute Gasteiger partial charge is 0.382 e. The fourth-order valence-electron chi connectivity index (χ4n) is 2.92. The minimum Gasteiger partial charge on any atom is -0.382 e. The summed E-state index contributed by atoms with van der Waals surface area (Å²) < 4.78 is 1.12. The van der Waals surface area contributed by atoms with Gasteiger partial charge in [0.05, 0.1) is 11.4 Å². The lowest BCUT2D eigenvalue weighted by molar-refractivity contribution is 0.910. The summed E-state index contributed by atoms with van der Waals surface area (Å²) in [7, 11) is 0. The number of halogens is 1. The van der Waals surface area contributed by atoms with Gasteiger partial charge in [-0.05, 0) is 42.7 Å². The summed E-state index contributed by atoms with van der Waals surface area (Å²) in [5, 5.41) is 3.48.